The highest BCUT2D eigenvalue weighted by Gasteiger charge is 2.29. The van der Waals surface area contributed by atoms with E-state index < -0.39 is 5.60 Å². The summed E-state index contributed by atoms with van der Waals surface area (Å²) in [7, 11) is 3.73. The number of amides is 1. The monoisotopic (exact) mass is 376 g/mol. The Kier molecular flexibility index (Phi) is 6.30. The first-order valence-corrected chi connectivity index (χ1v) is 8.93. The van der Waals surface area contributed by atoms with E-state index in [9.17, 15) is 14.9 Å². The Hall–Kier alpha value is -2.77. The van der Waals surface area contributed by atoms with Crippen molar-refractivity contribution in [3.63, 3.8) is 0 Å². The lowest BCUT2D eigenvalue weighted by atomic mass is 10.1. The van der Waals surface area contributed by atoms with E-state index in [1.54, 1.807) is 29.3 Å². The maximum Gasteiger partial charge on any atom is 0.410 e. The molecular weight excluding hydrogens is 348 g/mol. The van der Waals surface area contributed by atoms with Crippen molar-refractivity contribution in [1.29, 1.82) is 0 Å². The van der Waals surface area contributed by atoms with E-state index in [1.165, 1.54) is 0 Å². The highest BCUT2D eigenvalue weighted by Crippen LogP contribution is 2.33. The Balaban J connectivity index is 2.17. The molecule has 1 aliphatic heterocycles. The summed E-state index contributed by atoms with van der Waals surface area (Å²) in [4.78, 5) is 29.0. The standard InChI is InChI=1S/C19H28N4O4/c1-19(2,3)27-18(24)22-13-11-21(12-14-22)16-8-6-7-15(9-10-20(4)5)17(16)23(25)26/h6-10H,11-14H2,1-5H3. The molecule has 8 heteroatoms. The number of carbonyl (C=O) groups excluding carboxylic acids is 1. The van der Waals surface area contributed by atoms with E-state index in [0.29, 0.717) is 37.4 Å². The summed E-state index contributed by atoms with van der Waals surface area (Å²) < 4.78 is 5.40. The second-order valence-electron chi connectivity index (χ2n) is 7.71. The average Bonchev–Trinajstić information content (AvgIpc) is 2.58. The highest BCUT2D eigenvalue weighted by atomic mass is 16.6. The van der Waals surface area contributed by atoms with Crippen molar-refractivity contribution in [2.75, 3.05) is 45.2 Å². The van der Waals surface area contributed by atoms with Crippen molar-refractivity contribution in [3.8, 4) is 0 Å². The Bertz CT molecular complexity index is 717. The van der Waals surface area contributed by atoms with Gasteiger partial charge in [-0.25, -0.2) is 4.79 Å². The minimum Gasteiger partial charge on any atom is -0.444 e. The maximum absolute atomic E-state index is 12.2. The van der Waals surface area contributed by atoms with Gasteiger partial charge in [0.1, 0.15) is 11.3 Å². The molecule has 8 nitrogen and oxygen atoms in total. The second kappa shape index (κ2) is 8.28. The van der Waals surface area contributed by atoms with Crippen LogP contribution in [0.15, 0.2) is 24.4 Å². The molecule has 1 amide bonds. The fraction of sp³-hybridized carbons (Fsp3) is 0.526. The van der Waals surface area contributed by atoms with Crippen molar-refractivity contribution in [1.82, 2.24) is 9.80 Å². The lowest BCUT2D eigenvalue weighted by Gasteiger charge is -2.36. The molecule has 27 heavy (non-hydrogen) atoms. The summed E-state index contributed by atoms with van der Waals surface area (Å²) in [5, 5.41) is 11.7. The van der Waals surface area contributed by atoms with Gasteiger partial charge in [0, 0.05) is 40.3 Å². The SMILES string of the molecule is CN(C)C=Cc1cccc(N2CCN(C(=O)OC(C)(C)C)CC2)c1[N+](=O)[O-]. The predicted octanol–water partition coefficient (Wildman–Crippen LogP) is 3.18. The summed E-state index contributed by atoms with van der Waals surface area (Å²) in [6, 6.07) is 5.31. The third kappa shape index (κ3) is 5.60. The first kappa shape index (κ1) is 20.5. The number of hydrogen-bond donors (Lipinski definition) is 0. The fourth-order valence-corrected chi connectivity index (χ4v) is 2.82. The molecular formula is C19H28N4O4. The van der Waals surface area contributed by atoms with Crippen LogP contribution < -0.4 is 4.90 Å². The Morgan fingerprint density at radius 3 is 2.37 bits per heavy atom. The Morgan fingerprint density at radius 2 is 1.85 bits per heavy atom. The Labute approximate surface area is 160 Å². The van der Waals surface area contributed by atoms with Crippen LogP contribution in [0.2, 0.25) is 0 Å². The lowest BCUT2D eigenvalue weighted by molar-refractivity contribution is -0.384. The van der Waals surface area contributed by atoms with Crippen LogP contribution in [-0.2, 0) is 4.74 Å². The van der Waals surface area contributed by atoms with Gasteiger partial charge in [-0.1, -0.05) is 6.07 Å². The van der Waals surface area contributed by atoms with E-state index in [1.807, 2.05) is 50.7 Å². The molecule has 2 rings (SSSR count). The van der Waals surface area contributed by atoms with Gasteiger partial charge >= 0.3 is 6.09 Å². The molecule has 0 radical (unpaired) electrons. The normalized spacial score (nSPS) is 15.1. The third-order valence-electron chi connectivity index (χ3n) is 4.05. The number of carbonyl (C=O) groups is 1. The van der Waals surface area contributed by atoms with Crippen molar-refractivity contribution in [2.45, 2.75) is 26.4 Å². The Morgan fingerprint density at radius 1 is 1.22 bits per heavy atom. The molecule has 1 fully saturated rings. The number of para-hydroxylation sites is 1. The minimum atomic E-state index is -0.542. The first-order valence-electron chi connectivity index (χ1n) is 8.93. The van der Waals surface area contributed by atoms with E-state index in [4.69, 9.17) is 4.74 Å². The van der Waals surface area contributed by atoms with Crippen LogP contribution >= 0.6 is 0 Å². The van der Waals surface area contributed by atoms with E-state index in [-0.39, 0.29) is 16.7 Å². The molecule has 0 N–H and O–H groups in total. The molecule has 0 saturated carbocycles. The topological polar surface area (TPSA) is 79.2 Å². The summed E-state index contributed by atoms with van der Waals surface area (Å²) in [5.74, 6) is 0. The van der Waals surface area contributed by atoms with Crippen LogP contribution in [0.4, 0.5) is 16.2 Å². The molecule has 0 spiro atoms. The second-order valence-corrected chi connectivity index (χ2v) is 7.71. The number of hydrogen-bond acceptors (Lipinski definition) is 6. The molecule has 1 aliphatic rings. The predicted molar refractivity (Wildman–Crippen MR) is 106 cm³/mol. The molecule has 1 aromatic carbocycles. The largest absolute Gasteiger partial charge is 0.444 e. The van der Waals surface area contributed by atoms with Gasteiger partial charge < -0.3 is 19.4 Å². The third-order valence-corrected chi connectivity index (χ3v) is 4.05. The van der Waals surface area contributed by atoms with Crippen LogP contribution in [0.1, 0.15) is 26.3 Å². The van der Waals surface area contributed by atoms with Crippen LogP contribution in [0.25, 0.3) is 6.08 Å². The lowest BCUT2D eigenvalue weighted by Crippen LogP contribution is -2.50. The van der Waals surface area contributed by atoms with Crippen LogP contribution in [-0.4, -0.2) is 66.7 Å². The average molecular weight is 376 g/mol. The van der Waals surface area contributed by atoms with Crippen LogP contribution in [0, 0.1) is 10.1 Å². The smallest absolute Gasteiger partial charge is 0.410 e. The summed E-state index contributed by atoms with van der Waals surface area (Å²) in [6.07, 6.45) is 3.17. The summed E-state index contributed by atoms with van der Waals surface area (Å²) in [6.45, 7) is 7.45. The minimum absolute atomic E-state index is 0.0846. The quantitative estimate of drug-likeness (QED) is 0.593. The number of nitro benzene ring substituents is 1. The van der Waals surface area contributed by atoms with E-state index in [0.717, 1.165) is 0 Å². The molecule has 1 heterocycles. The van der Waals surface area contributed by atoms with Gasteiger partial charge in [0.2, 0.25) is 0 Å². The van der Waals surface area contributed by atoms with Gasteiger partial charge in [0.25, 0.3) is 5.69 Å². The van der Waals surface area contributed by atoms with Gasteiger partial charge in [-0.3, -0.25) is 10.1 Å². The van der Waals surface area contributed by atoms with Crippen LogP contribution in [0.3, 0.4) is 0 Å². The van der Waals surface area contributed by atoms with E-state index >= 15 is 0 Å². The van der Waals surface area contributed by atoms with E-state index in [2.05, 4.69) is 0 Å². The van der Waals surface area contributed by atoms with Crippen molar-refractivity contribution in [2.24, 2.45) is 0 Å². The molecule has 148 valence electrons. The molecule has 0 atom stereocenters. The first-order chi connectivity index (χ1) is 12.6. The van der Waals surface area contributed by atoms with Crippen molar-refractivity contribution < 1.29 is 14.5 Å². The number of benzene rings is 1. The molecule has 0 aromatic heterocycles. The zero-order valence-electron chi connectivity index (χ0n) is 16.6. The summed E-state index contributed by atoms with van der Waals surface area (Å²) in [5.41, 5.74) is 0.673. The fourth-order valence-electron chi connectivity index (χ4n) is 2.82. The number of ether oxygens (including phenoxy) is 1. The zero-order chi connectivity index (χ0) is 20.2. The number of nitro groups is 1. The molecule has 1 saturated heterocycles. The molecule has 0 unspecified atom stereocenters. The molecule has 0 bridgehead atoms. The van der Waals surface area contributed by atoms with Gasteiger partial charge in [0.05, 0.1) is 10.5 Å². The highest BCUT2D eigenvalue weighted by molar-refractivity contribution is 5.75. The molecule has 1 aromatic rings. The number of rotatable bonds is 4. The molecule has 0 aliphatic carbocycles. The number of piperazine rings is 1. The van der Waals surface area contributed by atoms with Gasteiger partial charge in [-0.05, 0) is 45.2 Å². The van der Waals surface area contributed by atoms with Crippen molar-refractivity contribution in [3.05, 3.63) is 40.1 Å². The van der Waals surface area contributed by atoms with Gasteiger partial charge in [-0.2, -0.15) is 0 Å². The number of nitrogens with zero attached hydrogens (tertiary/aromatic N) is 4. The van der Waals surface area contributed by atoms with Gasteiger partial charge in [0.15, 0.2) is 0 Å². The van der Waals surface area contributed by atoms with Crippen LogP contribution in [0.5, 0.6) is 0 Å². The number of anilines is 1. The maximum atomic E-state index is 12.2. The van der Waals surface area contributed by atoms with Gasteiger partial charge in [-0.15, -0.1) is 0 Å². The van der Waals surface area contributed by atoms with Crippen molar-refractivity contribution >= 4 is 23.5 Å². The zero-order valence-corrected chi connectivity index (χ0v) is 16.6. The summed E-state index contributed by atoms with van der Waals surface area (Å²) >= 11 is 0.